The van der Waals surface area contributed by atoms with E-state index in [2.05, 4.69) is 5.32 Å². The highest BCUT2D eigenvalue weighted by Gasteiger charge is 2.12. The lowest BCUT2D eigenvalue weighted by molar-refractivity contribution is 0.176. The topological polar surface area (TPSA) is 38.3 Å². The molecular weight excluding hydrogens is 173 g/mol. The zero-order valence-corrected chi connectivity index (χ0v) is 7.47. The van der Waals surface area contributed by atoms with Crippen LogP contribution in [0.3, 0.4) is 0 Å². The SMILES string of the molecule is CCNC(=O)OC1=C(F)CCC=C1. The minimum absolute atomic E-state index is 0.0252. The normalized spacial score (nSPS) is 15.8. The lowest BCUT2D eigenvalue weighted by atomic mass is 10.1. The van der Waals surface area contributed by atoms with Crippen LogP contribution in [0.25, 0.3) is 0 Å². The van der Waals surface area contributed by atoms with Crippen molar-refractivity contribution >= 4 is 6.09 Å². The van der Waals surface area contributed by atoms with E-state index in [0.29, 0.717) is 19.4 Å². The Morgan fingerprint density at radius 2 is 2.54 bits per heavy atom. The molecule has 0 spiro atoms. The summed E-state index contributed by atoms with van der Waals surface area (Å²) < 4.78 is 17.7. The minimum Gasteiger partial charge on any atom is -0.408 e. The molecule has 0 bridgehead atoms. The molecule has 1 aliphatic carbocycles. The van der Waals surface area contributed by atoms with Gasteiger partial charge in [0, 0.05) is 13.0 Å². The molecule has 1 amide bonds. The Bertz CT molecular complexity index is 258. The maximum Gasteiger partial charge on any atom is 0.412 e. The van der Waals surface area contributed by atoms with E-state index in [1.54, 1.807) is 13.0 Å². The molecule has 0 heterocycles. The molecule has 0 aliphatic heterocycles. The van der Waals surface area contributed by atoms with Gasteiger partial charge >= 0.3 is 6.09 Å². The van der Waals surface area contributed by atoms with Gasteiger partial charge in [-0.1, -0.05) is 6.08 Å². The van der Waals surface area contributed by atoms with Gasteiger partial charge in [-0.2, -0.15) is 0 Å². The lowest BCUT2D eigenvalue weighted by Gasteiger charge is -2.09. The van der Waals surface area contributed by atoms with E-state index >= 15 is 0 Å². The zero-order chi connectivity index (χ0) is 9.68. The van der Waals surface area contributed by atoms with Crippen molar-refractivity contribution < 1.29 is 13.9 Å². The van der Waals surface area contributed by atoms with Crippen LogP contribution in [0.15, 0.2) is 23.7 Å². The van der Waals surface area contributed by atoms with Crippen molar-refractivity contribution in [2.45, 2.75) is 19.8 Å². The van der Waals surface area contributed by atoms with Crippen LogP contribution >= 0.6 is 0 Å². The van der Waals surface area contributed by atoms with E-state index in [1.165, 1.54) is 6.08 Å². The van der Waals surface area contributed by atoms with Gasteiger partial charge in [0.25, 0.3) is 0 Å². The van der Waals surface area contributed by atoms with Crippen molar-refractivity contribution in [1.29, 1.82) is 0 Å². The van der Waals surface area contributed by atoms with E-state index in [0.717, 1.165) is 0 Å². The number of allylic oxidation sites excluding steroid dienone is 3. The number of amides is 1. The van der Waals surface area contributed by atoms with E-state index in [4.69, 9.17) is 4.74 Å². The van der Waals surface area contributed by atoms with Crippen molar-refractivity contribution in [3.8, 4) is 0 Å². The van der Waals surface area contributed by atoms with E-state index in [-0.39, 0.29) is 11.6 Å². The molecule has 0 aromatic heterocycles. The Hall–Kier alpha value is -1.32. The van der Waals surface area contributed by atoms with Crippen LogP contribution in [0.4, 0.5) is 9.18 Å². The number of hydrogen-bond acceptors (Lipinski definition) is 2. The fourth-order valence-electron chi connectivity index (χ4n) is 0.984. The Labute approximate surface area is 76.3 Å². The van der Waals surface area contributed by atoms with Crippen LogP contribution < -0.4 is 5.32 Å². The molecule has 13 heavy (non-hydrogen) atoms. The summed E-state index contributed by atoms with van der Waals surface area (Å²) in [5.74, 6) is -0.342. The summed E-state index contributed by atoms with van der Waals surface area (Å²) in [6.07, 6.45) is 3.62. The van der Waals surface area contributed by atoms with Crippen LogP contribution in [-0.2, 0) is 4.74 Å². The first-order valence-electron chi connectivity index (χ1n) is 4.25. The van der Waals surface area contributed by atoms with Crippen LogP contribution in [-0.4, -0.2) is 12.6 Å². The van der Waals surface area contributed by atoms with Gasteiger partial charge in [0.1, 0.15) is 5.83 Å². The number of ether oxygens (including phenoxy) is 1. The van der Waals surface area contributed by atoms with Gasteiger partial charge in [-0.3, -0.25) is 0 Å². The summed E-state index contributed by atoms with van der Waals surface area (Å²) >= 11 is 0. The molecule has 0 saturated carbocycles. The highest BCUT2D eigenvalue weighted by Crippen LogP contribution is 2.20. The smallest absolute Gasteiger partial charge is 0.408 e. The molecule has 0 radical (unpaired) electrons. The van der Waals surface area contributed by atoms with Crippen LogP contribution in [0.1, 0.15) is 19.8 Å². The number of nitrogens with one attached hydrogen (secondary N) is 1. The Morgan fingerprint density at radius 3 is 3.15 bits per heavy atom. The van der Waals surface area contributed by atoms with Gasteiger partial charge in [0.05, 0.1) is 0 Å². The molecule has 1 aliphatic rings. The predicted octanol–water partition coefficient (Wildman–Crippen LogP) is 2.26. The van der Waals surface area contributed by atoms with E-state index in [9.17, 15) is 9.18 Å². The molecular formula is C9H12FNO2. The molecule has 1 N–H and O–H groups in total. The number of carbonyl (C=O) groups is 1. The van der Waals surface area contributed by atoms with Gasteiger partial charge in [0.2, 0.25) is 0 Å². The molecule has 4 heteroatoms. The fourth-order valence-corrected chi connectivity index (χ4v) is 0.984. The van der Waals surface area contributed by atoms with Crippen molar-refractivity contribution in [2.75, 3.05) is 6.54 Å². The monoisotopic (exact) mass is 185 g/mol. The third kappa shape index (κ3) is 2.89. The van der Waals surface area contributed by atoms with Crippen LogP contribution in [0.5, 0.6) is 0 Å². The van der Waals surface area contributed by atoms with Crippen molar-refractivity contribution in [2.24, 2.45) is 0 Å². The van der Waals surface area contributed by atoms with Crippen molar-refractivity contribution in [1.82, 2.24) is 5.32 Å². The van der Waals surface area contributed by atoms with E-state index < -0.39 is 6.09 Å². The highest BCUT2D eigenvalue weighted by atomic mass is 19.1. The maximum absolute atomic E-state index is 13.0. The number of halogens is 1. The standard InChI is InChI=1S/C9H12FNO2/c1-2-11-9(12)13-8-6-4-3-5-7(8)10/h4,6H,2-3,5H2,1H3,(H,11,12). The van der Waals surface area contributed by atoms with Gasteiger partial charge in [-0.05, 0) is 19.4 Å². The number of hydrogen-bond donors (Lipinski definition) is 1. The average Bonchev–Trinajstić information content (AvgIpc) is 2.09. The number of rotatable bonds is 2. The highest BCUT2D eigenvalue weighted by molar-refractivity contribution is 5.68. The van der Waals surface area contributed by atoms with Crippen molar-refractivity contribution in [3.63, 3.8) is 0 Å². The van der Waals surface area contributed by atoms with Crippen LogP contribution in [0.2, 0.25) is 0 Å². The first-order chi connectivity index (χ1) is 6.24. The molecule has 0 unspecified atom stereocenters. The molecule has 3 nitrogen and oxygen atoms in total. The summed E-state index contributed by atoms with van der Waals surface area (Å²) in [6, 6.07) is 0. The minimum atomic E-state index is -0.612. The summed E-state index contributed by atoms with van der Waals surface area (Å²) in [7, 11) is 0. The summed E-state index contributed by atoms with van der Waals surface area (Å²) in [5.41, 5.74) is 0. The molecule has 0 atom stereocenters. The molecule has 0 aromatic rings. The first kappa shape index (κ1) is 9.77. The Kier molecular flexibility index (Phi) is 3.49. The van der Waals surface area contributed by atoms with Crippen molar-refractivity contribution in [3.05, 3.63) is 23.7 Å². The molecule has 0 saturated heterocycles. The molecule has 1 rings (SSSR count). The number of carbonyl (C=O) groups excluding carboxylic acids is 1. The lowest BCUT2D eigenvalue weighted by Crippen LogP contribution is -2.23. The second kappa shape index (κ2) is 4.64. The second-order valence-corrected chi connectivity index (χ2v) is 2.63. The summed E-state index contributed by atoms with van der Waals surface area (Å²) in [6.45, 7) is 2.24. The third-order valence-corrected chi connectivity index (χ3v) is 1.59. The second-order valence-electron chi connectivity index (χ2n) is 2.63. The van der Waals surface area contributed by atoms with Gasteiger partial charge in [0.15, 0.2) is 5.76 Å². The molecule has 0 aromatic carbocycles. The first-order valence-corrected chi connectivity index (χ1v) is 4.25. The third-order valence-electron chi connectivity index (χ3n) is 1.59. The van der Waals surface area contributed by atoms with Gasteiger partial charge < -0.3 is 10.1 Å². The largest absolute Gasteiger partial charge is 0.412 e. The summed E-state index contributed by atoms with van der Waals surface area (Å²) in [4.78, 5) is 10.9. The Morgan fingerprint density at radius 1 is 1.77 bits per heavy atom. The van der Waals surface area contributed by atoms with Crippen LogP contribution in [0, 0.1) is 0 Å². The number of alkyl carbamates (subject to hydrolysis) is 1. The zero-order valence-electron chi connectivity index (χ0n) is 7.47. The maximum atomic E-state index is 13.0. The molecule has 0 fully saturated rings. The Balaban J connectivity index is 2.52. The average molecular weight is 185 g/mol. The molecule has 72 valence electrons. The fraction of sp³-hybridized carbons (Fsp3) is 0.444. The van der Waals surface area contributed by atoms with Gasteiger partial charge in [-0.25, -0.2) is 9.18 Å². The van der Waals surface area contributed by atoms with E-state index in [1.807, 2.05) is 0 Å². The predicted molar refractivity (Wildman–Crippen MR) is 46.7 cm³/mol. The quantitative estimate of drug-likeness (QED) is 0.716. The van der Waals surface area contributed by atoms with Gasteiger partial charge in [-0.15, -0.1) is 0 Å². The summed E-state index contributed by atoms with van der Waals surface area (Å²) in [5, 5.41) is 2.42.